The first-order chi connectivity index (χ1) is 28.8. The van der Waals surface area contributed by atoms with Gasteiger partial charge in [-0.3, -0.25) is 4.57 Å². The number of likely N-dealkylation sites (N-methyl/N-ethyl adjacent to an activating group) is 1. The van der Waals surface area contributed by atoms with E-state index in [-0.39, 0.29) is 38.0 Å². The summed E-state index contributed by atoms with van der Waals surface area (Å²) in [6, 6.07) is 0.281. The van der Waals surface area contributed by atoms with Crippen LogP contribution < -0.4 is 10.6 Å². The van der Waals surface area contributed by atoms with Crippen LogP contribution in [-0.2, 0) is 23.1 Å². The molecule has 9 heteroatoms. The van der Waals surface area contributed by atoms with Gasteiger partial charge in [0.25, 0.3) is 7.82 Å². The number of allylic oxidation sites excluding steroid dienone is 8. The molecule has 2 unspecified atom stereocenters. The predicted molar refractivity (Wildman–Crippen MR) is 246 cm³/mol. The number of nitrogens with two attached hydrogens (primary N) is 1. The highest BCUT2D eigenvalue weighted by atomic mass is 31.2. The molecule has 0 amide bonds. The molecule has 0 bridgehead atoms. The van der Waals surface area contributed by atoms with E-state index in [4.69, 9.17) is 24.3 Å². The predicted octanol–water partition coefficient (Wildman–Crippen LogP) is 13.2. The van der Waals surface area contributed by atoms with E-state index in [1.807, 2.05) is 7.05 Å². The molecule has 2 saturated carbocycles. The van der Waals surface area contributed by atoms with Crippen molar-refractivity contribution in [3.63, 3.8) is 0 Å². The van der Waals surface area contributed by atoms with Gasteiger partial charge in [-0.15, -0.1) is 0 Å². The normalized spacial score (nSPS) is 22.2. The molecule has 1 heterocycles. The Labute approximate surface area is 363 Å². The van der Waals surface area contributed by atoms with Gasteiger partial charge in [0, 0.05) is 32.0 Å². The maximum absolute atomic E-state index is 11.9. The molecule has 1 aliphatic heterocycles. The van der Waals surface area contributed by atoms with Crippen molar-refractivity contribution < 1.29 is 28.0 Å². The summed E-state index contributed by atoms with van der Waals surface area (Å²) in [6.07, 6.45) is 56.5. The summed E-state index contributed by atoms with van der Waals surface area (Å²) in [7, 11) is -2.28. The third kappa shape index (κ3) is 22.7. The second-order valence-electron chi connectivity index (χ2n) is 18.3. The summed E-state index contributed by atoms with van der Waals surface area (Å²) in [5.74, 6) is -0.395. The minimum Gasteiger partial charge on any atom is -0.756 e. The SMILES string of the molecule is CCCCC/C=C\C/C=C\CCCCCCCCC1(CCCCCCCC/C=C\C/C=C\CCCCC)CC2(C1)O[C@H]1CC(N(C)CCOP(=O)([O-])OCCN)C[C@H]1O2. The van der Waals surface area contributed by atoms with Gasteiger partial charge in [-0.05, 0) is 102 Å². The Hall–Kier alpha value is -1.09. The van der Waals surface area contributed by atoms with E-state index >= 15 is 0 Å². The third-order valence-corrected chi connectivity index (χ3v) is 13.9. The smallest absolute Gasteiger partial charge is 0.267 e. The summed E-state index contributed by atoms with van der Waals surface area (Å²) < 4.78 is 35.3. The van der Waals surface area contributed by atoms with Gasteiger partial charge >= 0.3 is 0 Å². The van der Waals surface area contributed by atoms with Crippen LogP contribution in [0.5, 0.6) is 0 Å². The van der Waals surface area contributed by atoms with Gasteiger partial charge < -0.3 is 34.0 Å². The van der Waals surface area contributed by atoms with E-state index in [0.717, 1.165) is 38.5 Å². The van der Waals surface area contributed by atoms with Crippen LogP contribution in [0.2, 0.25) is 0 Å². The average molecular weight is 846 g/mol. The van der Waals surface area contributed by atoms with Gasteiger partial charge in [0.05, 0.1) is 25.4 Å². The van der Waals surface area contributed by atoms with Crippen LogP contribution in [0, 0.1) is 5.41 Å². The quantitative estimate of drug-likeness (QED) is 0.0372. The molecule has 1 spiro atoms. The van der Waals surface area contributed by atoms with E-state index in [1.165, 1.54) is 154 Å². The number of phosphoric ester groups is 1. The van der Waals surface area contributed by atoms with Crippen molar-refractivity contribution in [2.75, 3.05) is 33.4 Å². The number of hydrogen-bond acceptors (Lipinski definition) is 8. The third-order valence-electron chi connectivity index (χ3n) is 12.9. The lowest BCUT2D eigenvalue weighted by Gasteiger charge is -2.54. The molecule has 342 valence electrons. The summed E-state index contributed by atoms with van der Waals surface area (Å²) in [5, 5.41) is 0. The van der Waals surface area contributed by atoms with Crippen LogP contribution >= 0.6 is 7.82 Å². The number of phosphoric acid groups is 1. The summed E-state index contributed by atoms with van der Waals surface area (Å²) in [5.41, 5.74) is 5.71. The topological polar surface area (TPSA) is 106 Å². The van der Waals surface area contributed by atoms with Crippen LogP contribution in [0.4, 0.5) is 0 Å². The molecular weight excluding hydrogens is 756 g/mol. The first-order valence-electron chi connectivity index (χ1n) is 24.7. The Morgan fingerprint density at radius 3 is 1.47 bits per heavy atom. The number of ether oxygens (including phenoxy) is 2. The van der Waals surface area contributed by atoms with Crippen LogP contribution in [0.1, 0.15) is 206 Å². The maximum atomic E-state index is 11.9. The molecule has 59 heavy (non-hydrogen) atoms. The molecule has 8 nitrogen and oxygen atoms in total. The Morgan fingerprint density at radius 2 is 1.03 bits per heavy atom. The Bertz CT molecular complexity index is 1150. The van der Waals surface area contributed by atoms with Crippen molar-refractivity contribution in [3.05, 3.63) is 48.6 Å². The van der Waals surface area contributed by atoms with Crippen molar-refractivity contribution in [1.29, 1.82) is 0 Å². The lowest BCUT2D eigenvalue weighted by molar-refractivity contribution is -0.281. The first kappa shape index (κ1) is 52.3. The Kier molecular flexibility index (Phi) is 28.1. The number of nitrogens with zero attached hydrogens (tertiary/aromatic N) is 1. The number of unbranched alkanes of at least 4 members (excludes halogenated alkanes) is 18. The molecule has 0 aromatic carbocycles. The largest absolute Gasteiger partial charge is 0.756 e. The number of fused-ring (bicyclic) bond motifs is 1. The summed E-state index contributed by atoms with van der Waals surface area (Å²) >= 11 is 0. The molecular formula is C50H90N2O6P-. The fraction of sp³-hybridized carbons (Fsp3) is 0.840. The first-order valence-corrected chi connectivity index (χ1v) is 26.2. The number of rotatable bonds is 38. The van der Waals surface area contributed by atoms with Crippen molar-refractivity contribution in [2.45, 2.75) is 231 Å². The van der Waals surface area contributed by atoms with Crippen molar-refractivity contribution >= 4 is 7.82 Å². The van der Waals surface area contributed by atoms with Crippen LogP contribution in [0.15, 0.2) is 48.6 Å². The average Bonchev–Trinajstić information content (AvgIpc) is 3.76. The molecule has 3 rings (SSSR count). The minimum absolute atomic E-state index is 0.0608. The van der Waals surface area contributed by atoms with Gasteiger partial charge in [0.1, 0.15) is 0 Å². The van der Waals surface area contributed by atoms with E-state index in [1.54, 1.807) is 0 Å². The molecule has 0 radical (unpaired) electrons. The van der Waals surface area contributed by atoms with Gasteiger partial charge in [0.2, 0.25) is 0 Å². The molecule has 1 saturated heterocycles. The zero-order valence-corrected chi connectivity index (χ0v) is 39.2. The van der Waals surface area contributed by atoms with Crippen molar-refractivity contribution in [1.82, 2.24) is 4.90 Å². The van der Waals surface area contributed by atoms with E-state index in [0.29, 0.717) is 12.0 Å². The molecule has 0 aromatic rings. The fourth-order valence-electron chi connectivity index (χ4n) is 9.52. The van der Waals surface area contributed by atoms with E-state index in [9.17, 15) is 9.46 Å². The van der Waals surface area contributed by atoms with Crippen LogP contribution in [-0.4, -0.2) is 62.3 Å². The molecule has 4 atom stereocenters. The summed E-state index contributed by atoms with van der Waals surface area (Å²) in [6.45, 7) is 5.16. The maximum Gasteiger partial charge on any atom is 0.267 e. The second kappa shape index (κ2) is 31.7. The lowest BCUT2D eigenvalue weighted by atomic mass is 9.59. The highest BCUT2D eigenvalue weighted by Gasteiger charge is 2.63. The Balaban J connectivity index is 1.33. The van der Waals surface area contributed by atoms with E-state index in [2.05, 4.69) is 67.4 Å². The van der Waals surface area contributed by atoms with Crippen LogP contribution in [0.25, 0.3) is 0 Å². The molecule has 3 aliphatic rings. The zero-order valence-electron chi connectivity index (χ0n) is 38.3. The number of hydrogen-bond donors (Lipinski definition) is 1. The second-order valence-corrected chi connectivity index (χ2v) is 19.7. The summed E-state index contributed by atoms with van der Waals surface area (Å²) in [4.78, 5) is 14.1. The molecule has 0 aromatic heterocycles. The zero-order chi connectivity index (χ0) is 42.3. The molecule has 2 aliphatic carbocycles. The van der Waals surface area contributed by atoms with Crippen molar-refractivity contribution in [3.8, 4) is 0 Å². The van der Waals surface area contributed by atoms with E-state index < -0.39 is 13.6 Å². The van der Waals surface area contributed by atoms with Gasteiger partial charge in [0.15, 0.2) is 5.79 Å². The van der Waals surface area contributed by atoms with Gasteiger partial charge in [-0.2, -0.15) is 0 Å². The van der Waals surface area contributed by atoms with Gasteiger partial charge in [-0.25, -0.2) is 0 Å². The molecule has 3 fully saturated rings. The lowest BCUT2D eigenvalue weighted by Crippen LogP contribution is -2.53. The van der Waals surface area contributed by atoms with Gasteiger partial charge in [-0.1, -0.05) is 152 Å². The van der Waals surface area contributed by atoms with Crippen molar-refractivity contribution in [2.24, 2.45) is 11.1 Å². The highest BCUT2D eigenvalue weighted by Crippen LogP contribution is 2.61. The molecule has 2 N–H and O–H groups in total. The Morgan fingerprint density at radius 1 is 0.627 bits per heavy atom. The highest BCUT2D eigenvalue weighted by molar-refractivity contribution is 7.45. The standard InChI is InChI=1S/C50H91N2O6P/c1-4-6-8-10-12-14-16-18-20-22-24-26-28-30-32-34-36-49(37-35-33-31-29-27-25-23-21-19-17-15-13-11-9-7-5-2)44-50(45-49)57-47-42-46(43-48(47)58-50)52(3)39-41-56-59(53,54)55-40-38-51/h12-15,18-21,46-48H,4-11,16-17,22-45,51H2,1-3H3,(H,53,54)/p-1/b14-12-,15-13-,20-18-,21-19-/t46?,47-,48+. The van der Waals surface area contributed by atoms with Crippen LogP contribution in [0.3, 0.4) is 0 Å². The fourth-order valence-corrected chi connectivity index (χ4v) is 10.2. The monoisotopic (exact) mass is 846 g/mol. The minimum atomic E-state index is -4.31.